The smallest absolute Gasteiger partial charge is 0.00418 e. The van der Waals surface area contributed by atoms with Crippen molar-refractivity contribution in [1.29, 1.82) is 0 Å². The van der Waals surface area contributed by atoms with E-state index >= 15 is 0 Å². The summed E-state index contributed by atoms with van der Waals surface area (Å²) >= 11 is 0. The van der Waals surface area contributed by atoms with Crippen LogP contribution in [0.5, 0.6) is 0 Å². The second-order valence-electron chi connectivity index (χ2n) is 24.3. The standard InChI is InChI=1S/C52H94N4.4ClH/c1-35(43-17-19-45-41-15-13-37-33-39(53)21-25-49(37,3)47(41)23-27-51(43,45)5)11-9-31-55-29-7-8-30-56-32-10-12-36(2)44-18-20-46-42-16-14-38-34-40(54)22-26-50(38,4)48(42)24-28-52(44,46)6;;;;/h35-48,55-56H,7-34,53-54H2,1-6H3;4*1H/t35-,36-,37-,38-,39+,40+,41+,42+,43-,44-,45+,46+,47+,48+,49+,50+,51-,52-;;;;/m1..../s1. The lowest BCUT2D eigenvalue weighted by Crippen LogP contribution is -2.54. The Kier molecular flexibility index (Phi) is 19.8. The molecule has 8 fully saturated rings. The quantitative estimate of drug-likeness (QED) is 0.123. The zero-order valence-electron chi connectivity index (χ0n) is 39.7. The summed E-state index contributed by atoms with van der Waals surface area (Å²) in [5.74, 6) is 11.5. The molecule has 0 bridgehead atoms. The van der Waals surface area contributed by atoms with Gasteiger partial charge in [-0.2, -0.15) is 0 Å². The highest BCUT2D eigenvalue weighted by molar-refractivity contribution is 5.86. The van der Waals surface area contributed by atoms with Gasteiger partial charge in [0, 0.05) is 12.1 Å². The number of halogens is 4. The maximum absolute atomic E-state index is 6.48. The molecular formula is C52H98Cl4N4. The van der Waals surface area contributed by atoms with Crippen LogP contribution in [0.2, 0.25) is 0 Å². The van der Waals surface area contributed by atoms with Gasteiger partial charge in [-0.3, -0.25) is 0 Å². The van der Waals surface area contributed by atoms with Crippen LogP contribution < -0.4 is 22.1 Å². The number of fused-ring (bicyclic) bond motifs is 10. The van der Waals surface area contributed by atoms with Gasteiger partial charge in [-0.05, 0) is 273 Å². The third kappa shape index (κ3) is 10.1. The number of hydrogen-bond acceptors (Lipinski definition) is 4. The molecule has 8 aliphatic carbocycles. The summed E-state index contributed by atoms with van der Waals surface area (Å²) in [6.45, 7) is 21.0. The van der Waals surface area contributed by atoms with E-state index in [0.29, 0.717) is 33.7 Å². The molecule has 0 unspecified atom stereocenters. The predicted octanol–water partition coefficient (Wildman–Crippen LogP) is 13.4. The fourth-order valence-corrected chi connectivity index (χ4v) is 18.8. The SMILES string of the molecule is C[C@H](CCCNCCCCNCCC[C@@H](C)[C@H]1CC[C@H]2[C@@H]3CC[C@@H]4C[C@@H](N)CC[C@]4(C)[C@H]3CC[C@]12C)[C@H]1CC[C@H]2[C@@H]3CC[C@@H]4C[C@@H](N)CC[C@]4(C)[C@H]3CC[C@]12C.Cl.Cl.Cl.Cl. The molecule has 18 atom stereocenters. The van der Waals surface area contributed by atoms with E-state index < -0.39 is 0 Å². The van der Waals surface area contributed by atoms with E-state index in [2.05, 4.69) is 52.2 Å². The molecule has 354 valence electrons. The molecule has 60 heavy (non-hydrogen) atoms. The Morgan fingerprint density at radius 2 is 0.783 bits per heavy atom. The summed E-state index contributed by atoms with van der Waals surface area (Å²) in [5.41, 5.74) is 15.4. The molecule has 4 nitrogen and oxygen atoms in total. The molecule has 0 aliphatic heterocycles. The van der Waals surface area contributed by atoms with Crippen LogP contribution in [0.25, 0.3) is 0 Å². The number of nitrogens with two attached hydrogens (primary N) is 2. The lowest BCUT2D eigenvalue weighted by Gasteiger charge is -2.61. The molecule has 8 rings (SSSR count). The lowest BCUT2D eigenvalue weighted by atomic mass is 9.44. The normalized spacial score (nSPS) is 46.2. The number of unbranched alkanes of at least 4 members (excludes halogenated alkanes) is 1. The Hall–Kier alpha value is 1.00. The van der Waals surface area contributed by atoms with Crippen molar-refractivity contribution in [2.45, 2.75) is 208 Å². The van der Waals surface area contributed by atoms with E-state index in [-0.39, 0.29) is 49.6 Å². The van der Waals surface area contributed by atoms with Crippen molar-refractivity contribution in [1.82, 2.24) is 10.6 Å². The molecule has 0 saturated heterocycles. The van der Waals surface area contributed by atoms with Crippen LogP contribution in [-0.2, 0) is 0 Å². The summed E-state index contributed by atoms with van der Waals surface area (Å²) in [6.07, 6.45) is 34.2. The summed E-state index contributed by atoms with van der Waals surface area (Å²) in [5, 5.41) is 7.67. The van der Waals surface area contributed by atoms with Gasteiger partial charge in [0.15, 0.2) is 0 Å². The van der Waals surface area contributed by atoms with E-state index in [4.69, 9.17) is 11.5 Å². The summed E-state index contributed by atoms with van der Waals surface area (Å²) in [4.78, 5) is 0. The van der Waals surface area contributed by atoms with Crippen LogP contribution >= 0.6 is 49.6 Å². The second-order valence-corrected chi connectivity index (χ2v) is 24.3. The molecule has 0 spiro atoms. The Morgan fingerprint density at radius 1 is 0.433 bits per heavy atom. The minimum Gasteiger partial charge on any atom is -0.328 e. The van der Waals surface area contributed by atoms with Gasteiger partial charge in [-0.1, -0.05) is 41.5 Å². The third-order valence-corrected chi connectivity index (χ3v) is 21.9. The Bertz CT molecular complexity index is 1210. The fraction of sp³-hybridized carbons (Fsp3) is 1.00. The molecule has 0 radical (unpaired) electrons. The topological polar surface area (TPSA) is 76.1 Å². The number of nitrogens with one attached hydrogen (secondary N) is 2. The molecule has 0 aromatic rings. The first-order chi connectivity index (χ1) is 26.9. The van der Waals surface area contributed by atoms with Crippen LogP contribution in [0.1, 0.15) is 196 Å². The number of rotatable bonds is 15. The average Bonchev–Trinajstić information content (AvgIpc) is 3.72. The molecule has 6 N–H and O–H groups in total. The van der Waals surface area contributed by atoms with Crippen molar-refractivity contribution in [3.8, 4) is 0 Å². The third-order valence-electron chi connectivity index (χ3n) is 21.9. The van der Waals surface area contributed by atoms with Crippen molar-refractivity contribution in [2.24, 2.45) is 104 Å². The van der Waals surface area contributed by atoms with Crippen LogP contribution in [0.15, 0.2) is 0 Å². The highest BCUT2D eigenvalue weighted by Crippen LogP contribution is 2.70. The first-order valence-corrected chi connectivity index (χ1v) is 25.8. The Morgan fingerprint density at radius 3 is 1.18 bits per heavy atom. The van der Waals surface area contributed by atoms with Crippen molar-refractivity contribution < 1.29 is 0 Å². The van der Waals surface area contributed by atoms with Gasteiger partial charge < -0.3 is 22.1 Å². The van der Waals surface area contributed by atoms with Crippen LogP contribution in [0.3, 0.4) is 0 Å². The van der Waals surface area contributed by atoms with Gasteiger partial charge in [0.2, 0.25) is 0 Å². The minimum atomic E-state index is 0. The van der Waals surface area contributed by atoms with Gasteiger partial charge in [0.25, 0.3) is 0 Å². The van der Waals surface area contributed by atoms with Crippen LogP contribution in [0.4, 0.5) is 0 Å². The van der Waals surface area contributed by atoms with Crippen LogP contribution in [-0.4, -0.2) is 38.3 Å². The molecular weight excluding hydrogens is 822 g/mol. The van der Waals surface area contributed by atoms with E-state index in [1.807, 2.05) is 0 Å². The molecule has 0 heterocycles. The van der Waals surface area contributed by atoms with Gasteiger partial charge >= 0.3 is 0 Å². The zero-order valence-corrected chi connectivity index (χ0v) is 42.9. The average molecular weight is 921 g/mol. The van der Waals surface area contributed by atoms with Gasteiger partial charge in [0.1, 0.15) is 0 Å². The first-order valence-electron chi connectivity index (χ1n) is 25.8. The molecule has 0 aromatic carbocycles. The molecule has 8 saturated carbocycles. The number of hydrogen-bond donors (Lipinski definition) is 4. The Balaban J connectivity index is 0.00000198. The first kappa shape index (κ1) is 53.6. The van der Waals surface area contributed by atoms with E-state index in [0.717, 1.165) is 71.0 Å². The highest BCUT2D eigenvalue weighted by atomic mass is 35.5. The van der Waals surface area contributed by atoms with E-state index in [9.17, 15) is 0 Å². The molecule has 8 heteroatoms. The van der Waals surface area contributed by atoms with E-state index in [1.165, 1.54) is 180 Å². The highest BCUT2D eigenvalue weighted by Gasteiger charge is 2.62. The van der Waals surface area contributed by atoms with Crippen LogP contribution in [0, 0.1) is 92.7 Å². The monoisotopic (exact) mass is 919 g/mol. The molecule has 0 aromatic heterocycles. The fourth-order valence-electron chi connectivity index (χ4n) is 18.8. The van der Waals surface area contributed by atoms with Crippen molar-refractivity contribution in [3.05, 3.63) is 0 Å². The Labute approximate surface area is 396 Å². The van der Waals surface area contributed by atoms with Crippen molar-refractivity contribution in [3.63, 3.8) is 0 Å². The summed E-state index contributed by atoms with van der Waals surface area (Å²) < 4.78 is 0. The molecule has 8 aliphatic rings. The minimum absolute atomic E-state index is 0. The zero-order chi connectivity index (χ0) is 39.3. The van der Waals surface area contributed by atoms with E-state index in [1.54, 1.807) is 0 Å². The van der Waals surface area contributed by atoms with Crippen molar-refractivity contribution in [2.75, 3.05) is 26.2 Å². The summed E-state index contributed by atoms with van der Waals surface area (Å²) in [7, 11) is 0. The predicted molar refractivity (Wildman–Crippen MR) is 267 cm³/mol. The van der Waals surface area contributed by atoms with Gasteiger partial charge in [0.05, 0.1) is 0 Å². The maximum atomic E-state index is 6.48. The van der Waals surface area contributed by atoms with Crippen molar-refractivity contribution >= 4 is 49.6 Å². The maximum Gasteiger partial charge on any atom is 0.00418 e. The van der Waals surface area contributed by atoms with Gasteiger partial charge in [-0.15, -0.1) is 49.6 Å². The second kappa shape index (κ2) is 22.2. The summed E-state index contributed by atoms with van der Waals surface area (Å²) in [6, 6.07) is 0.956. The molecule has 0 amide bonds. The lowest BCUT2D eigenvalue weighted by molar-refractivity contribution is -0.116. The largest absolute Gasteiger partial charge is 0.328 e. The van der Waals surface area contributed by atoms with Gasteiger partial charge in [-0.25, -0.2) is 0 Å².